The second-order valence-electron chi connectivity index (χ2n) is 10.2. The molecule has 0 bridgehead atoms. The number of fused-ring (bicyclic) bond motifs is 1. The molecular weight excluding hydrogens is 444 g/mol. The minimum absolute atomic E-state index is 0.189. The number of benzene rings is 1. The zero-order valence-electron chi connectivity index (χ0n) is 22.1. The van der Waals surface area contributed by atoms with E-state index in [1.807, 2.05) is 36.4 Å². The van der Waals surface area contributed by atoms with E-state index in [0.29, 0.717) is 6.61 Å². The summed E-state index contributed by atoms with van der Waals surface area (Å²) in [6, 6.07) is 9.88. The topological polar surface area (TPSA) is 63.2 Å². The Bertz CT molecular complexity index is 807. The lowest BCUT2D eigenvalue weighted by Gasteiger charge is -2.50. The zero-order chi connectivity index (χ0) is 25.2. The van der Waals surface area contributed by atoms with Crippen molar-refractivity contribution in [1.29, 1.82) is 0 Å². The lowest BCUT2D eigenvalue weighted by molar-refractivity contribution is -0.352. The van der Waals surface area contributed by atoms with Gasteiger partial charge in [-0.05, 0) is 32.3 Å². The third kappa shape index (κ3) is 6.73. The molecule has 35 heavy (non-hydrogen) atoms. The number of esters is 1. The van der Waals surface area contributed by atoms with Gasteiger partial charge in [-0.2, -0.15) is 0 Å². The largest absolute Gasteiger partial charge is 0.467 e. The smallest absolute Gasteiger partial charge is 0.344 e. The standard InChI is InChI=1S/C29H44O6/c1-5-6-7-8-9-10-11-12-13-17-20-28-23-34-27(2,3)35-29(28,26(30)31-4)25(22-33-28)32-21-24-18-15-14-16-19-24/h14-20,25H,5-13,21-23H2,1-4H3/b20-17+/t25-,28+,29-/m1/s1. The van der Waals surface area contributed by atoms with Gasteiger partial charge in [-0.1, -0.05) is 94.4 Å². The highest BCUT2D eigenvalue weighted by Gasteiger charge is 2.72. The van der Waals surface area contributed by atoms with E-state index in [9.17, 15) is 4.79 Å². The van der Waals surface area contributed by atoms with Gasteiger partial charge in [-0.25, -0.2) is 4.79 Å². The number of ether oxygens (including phenoxy) is 5. The highest BCUT2D eigenvalue weighted by Crippen LogP contribution is 2.49. The SMILES string of the molecule is CCCCCCCCCC/C=C/[C@]12COC(C)(C)O[C@@]1(C(=O)OC)[C@H](OCc1ccccc1)CO2. The van der Waals surface area contributed by atoms with Crippen LogP contribution in [0.4, 0.5) is 0 Å². The molecule has 0 radical (unpaired) electrons. The summed E-state index contributed by atoms with van der Waals surface area (Å²) < 4.78 is 30.2. The fourth-order valence-corrected chi connectivity index (χ4v) is 5.04. The summed E-state index contributed by atoms with van der Waals surface area (Å²) in [7, 11) is 1.38. The number of hydrogen-bond acceptors (Lipinski definition) is 6. The van der Waals surface area contributed by atoms with Gasteiger partial charge in [0.2, 0.25) is 5.60 Å². The van der Waals surface area contributed by atoms with E-state index in [1.165, 1.54) is 52.1 Å². The monoisotopic (exact) mass is 488 g/mol. The fraction of sp³-hybridized carbons (Fsp3) is 0.690. The number of rotatable bonds is 14. The van der Waals surface area contributed by atoms with Crippen LogP contribution in [0.15, 0.2) is 42.5 Å². The number of carbonyl (C=O) groups excluding carboxylic acids is 1. The highest BCUT2D eigenvalue weighted by atomic mass is 16.8. The Morgan fingerprint density at radius 1 is 1.03 bits per heavy atom. The predicted molar refractivity (Wildman–Crippen MR) is 136 cm³/mol. The maximum absolute atomic E-state index is 13.4. The van der Waals surface area contributed by atoms with E-state index in [2.05, 4.69) is 13.0 Å². The maximum Gasteiger partial charge on any atom is 0.344 e. The van der Waals surface area contributed by atoms with Gasteiger partial charge in [0.05, 0.1) is 26.9 Å². The van der Waals surface area contributed by atoms with Crippen molar-refractivity contribution in [3.8, 4) is 0 Å². The Labute approximate surface area is 211 Å². The summed E-state index contributed by atoms with van der Waals surface area (Å²) in [5.74, 6) is -1.48. The number of allylic oxidation sites excluding steroid dienone is 1. The average molecular weight is 489 g/mol. The van der Waals surface area contributed by atoms with E-state index in [1.54, 1.807) is 13.8 Å². The van der Waals surface area contributed by atoms with Crippen molar-refractivity contribution in [2.45, 2.75) is 108 Å². The molecule has 2 heterocycles. The van der Waals surface area contributed by atoms with Crippen LogP contribution in [0.25, 0.3) is 0 Å². The predicted octanol–water partition coefficient (Wildman–Crippen LogP) is 6.12. The minimum Gasteiger partial charge on any atom is -0.467 e. The molecular formula is C29H44O6. The van der Waals surface area contributed by atoms with Crippen LogP contribution in [-0.4, -0.2) is 49.4 Å². The van der Waals surface area contributed by atoms with Crippen LogP contribution in [0, 0.1) is 0 Å². The normalized spacial score (nSPS) is 27.7. The quantitative estimate of drug-likeness (QED) is 0.179. The molecule has 3 atom stereocenters. The van der Waals surface area contributed by atoms with Crippen molar-refractivity contribution < 1.29 is 28.5 Å². The molecule has 2 saturated heterocycles. The van der Waals surface area contributed by atoms with Crippen molar-refractivity contribution in [3.05, 3.63) is 48.0 Å². The molecule has 0 aliphatic carbocycles. The summed E-state index contributed by atoms with van der Waals surface area (Å²) in [5, 5.41) is 0. The van der Waals surface area contributed by atoms with Gasteiger partial charge in [0.1, 0.15) is 6.10 Å². The van der Waals surface area contributed by atoms with Crippen LogP contribution in [0.1, 0.15) is 84.1 Å². The van der Waals surface area contributed by atoms with Gasteiger partial charge in [-0.15, -0.1) is 0 Å². The summed E-state index contributed by atoms with van der Waals surface area (Å²) >= 11 is 0. The van der Waals surface area contributed by atoms with Gasteiger partial charge in [0.25, 0.3) is 0 Å². The van der Waals surface area contributed by atoms with Crippen LogP contribution < -0.4 is 0 Å². The van der Waals surface area contributed by atoms with Gasteiger partial charge >= 0.3 is 5.97 Å². The van der Waals surface area contributed by atoms with Gasteiger partial charge in [-0.3, -0.25) is 0 Å². The van der Waals surface area contributed by atoms with Crippen LogP contribution >= 0.6 is 0 Å². The molecule has 0 saturated carbocycles. The molecule has 3 rings (SSSR count). The molecule has 0 N–H and O–H groups in total. The minimum atomic E-state index is -1.45. The molecule has 196 valence electrons. The van der Waals surface area contributed by atoms with Gasteiger partial charge < -0.3 is 23.7 Å². The molecule has 1 aromatic rings. The van der Waals surface area contributed by atoms with Crippen LogP contribution in [0.3, 0.4) is 0 Å². The first-order chi connectivity index (χ1) is 16.9. The van der Waals surface area contributed by atoms with Crippen molar-refractivity contribution in [2.75, 3.05) is 20.3 Å². The summed E-state index contributed by atoms with van der Waals surface area (Å²) in [6.07, 6.45) is 14.5. The molecule has 1 aromatic carbocycles. The van der Waals surface area contributed by atoms with Gasteiger partial charge in [0.15, 0.2) is 11.4 Å². The zero-order valence-corrected chi connectivity index (χ0v) is 22.1. The second-order valence-corrected chi connectivity index (χ2v) is 10.2. The third-order valence-corrected chi connectivity index (χ3v) is 7.01. The molecule has 0 amide bonds. The summed E-state index contributed by atoms with van der Waals surface area (Å²) in [4.78, 5) is 13.4. The van der Waals surface area contributed by atoms with Crippen molar-refractivity contribution in [1.82, 2.24) is 0 Å². The molecule has 2 fully saturated rings. The van der Waals surface area contributed by atoms with E-state index < -0.39 is 29.1 Å². The van der Waals surface area contributed by atoms with E-state index in [-0.39, 0.29) is 13.2 Å². The van der Waals surface area contributed by atoms with Crippen molar-refractivity contribution in [3.63, 3.8) is 0 Å². The van der Waals surface area contributed by atoms with E-state index >= 15 is 0 Å². The first-order valence-electron chi connectivity index (χ1n) is 13.3. The molecule has 2 aliphatic heterocycles. The van der Waals surface area contributed by atoms with Crippen molar-refractivity contribution >= 4 is 5.97 Å². The molecule has 6 nitrogen and oxygen atoms in total. The highest BCUT2D eigenvalue weighted by molar-refractivity contribution is 5.84. The fourth-order valence-electron chi connectivity index (χ4n) is 5.04. The molecule has 2 aliphatic rings. The third-order valence-electron chi connectivity index (χ3n) is 7.01. The molecule has 0 spiro atoms. The Balaban J connectivity index is 1.69. The molecule has 6 heteroatoms. The Morgan fingerprint density at radius 3 is 2.40 bits per heavy atom. The number of methoxy groups -OCH3 is 1. The van der Waals surface area contributed by atoms with Crippen LogP contribution in [-0.2, 0) is 35.1 Å². The molecule has 0 aromatic heterocycles. The van der Waals surface area contributed by atoms with E-state index in [0.717, 1.165) is 18.4 Å². The van der Waals surface area contributed by atoms with E-state index in [4.69, 9.17) is 23.7 Å². The van der Waals surface area contributed by atoms with Crippen molar-refractivity contribution in [2.24, 2.45) is 0 Å². The van der Waals surface area contributed by atoms with Gasteiger partial charge in [0, 0.05) is 0 Å². The lowest BCUT2D eigenvalue weighted by atomic mass is 9.79. The van der Waals surface area contributed by atoms with Crippen LogP contribution in [0.5, 0.6) is 0 Å². The number of carbonyl (C=O) groups is 1. The summed E-state index contributed by atoms with van der Waals surface area (Å²) in [5.41, 5.74) is -1.54. The number of unbranched alkanes of at least 4 members (excludes halogenated alkanes) is 8. The maximum atomic E-state index is 13.4. The Kier molecular flexibility index (Phi) is 10.3. The average Bonchev–Trinajstić information content (AvgIpc) is 3.17. The first-order valence-corrected chi connectivity index (χ1v) is 13.3. The summed E-state index contributed by atoms with van der Waals surface area (Å²) in [6.45, 7) is 6.60. The number of hydrogen-bond donors (Lipinski definition) is 0. The second kappa shape index (κ2) is 13.0. The lowest BCUT2D eigenvalue weighted by Crippen LogP contribution is -2.71. The molecule has 0 unspecified atom stereocenters. The first kappa shape index (κ1) is 27.9. The Morgan fingerprint density at radius 2 is 1.71 bits per heavy atom. The Hall–Kier alpha value is -1.73. The van der Waals surface area contributed by atoms with Crippen LogP contribution in [0.2, 0.25) is 0 Å².